The SMILES string of the molecule is CC(C)(C)OC(=O)N(C(=O)CC(Cl)C#Cc1ccccn1)c1ccccc1. The number of amides is 2. The number of pyridine rings is 1. The summed E-state index contributed by atoms with van der Waals surface area (Å²) in [6.07, 6.45) is 0.730. The van der Waals surface area contributed by atoms with Gasteiger partial charge in [-0.25, -0.2) is 14.7 Å². The number of carbonyl (C=O) groups excluding carboxylic acids is 2. The lowest BCUT2D eigenvalue weighted by Gasteiger charge is -2.26. The van der Waals surface area contributed by atoms with E-state index in [1.807, 2.05) is 6.07 Å². The summed E-state index contributed by atoms with van der Waals surface area (Å²) >= 11 is 6.19. The first kappa shape index (κ1) is 20.5. The number of nitrogens with zero attached hydrogens (tertiary/aromatic N) is 2. The molecule has 140 valence electrons. The summed E-state index contributed by atoms with van der Waals surface area (Å²) in [6, 6.07) is 13.9. The van der Waals surface area contributed by atoms with E-state index in [1.165, 1.54) is 0 Å². The van der Waals surface area contributed by atoms with Crippen LogP contribution in [0.3, 0.4) is 0 Å². The van der Waals surface area contributed by atoms with Crippen molar-refractivity contribution in [2.45, 2.75) is 38.2 Å². The van der Waals surface area contributed by atoms with Gasteiger partial charge in [0.2, 0.25) is 5.91 Å². The Hall–Kier alpha value is -2.84. The van der Waals surface area contributed by atoms with Crippen molar-refractivity contribution >= 4 is 29.3 Å². The lowest BCUT2D eigenvalue weighted by atomic mass is 10.2. The van der Waals surface area contributed by atoms with Gasteiger partial charge in [-0.05, 0) is 51.0 Å². The van der Waals surface area contributed by atoms with Gasteiger partial charge in [-0.1, -0.05) is 30.2 Å². The predicted molar refractivity (Wildman–Crippen MR) is 106 cm³/mol. The monoisotopic (exact) mass is 384 g/mol. The molecule has 1 unspecified atom stereocenters. The molecule has 1 heterocycles. The Kier molecular flexibility index (Phi) is 6.98. The van der Waals surface area contributed by atoms with Crippen LogP contribution in [0, 0.1) is 11.8 Å². The molecule has 2 amide bonds. The second-order valence-electron chi connectivity index (χ2n) is 6.70. The van der Waals surface area contributed by atoms with Gasteiger partial charge in [-0.15, -0.1) is 11.6 Å². The van der Waals surface area contributed by atoms with E-state index in [9.17, 15) is 9.59 Å². The first-order valence-electron chi connectivity index (χ1n) is 8.44. The second-order valence-corrected chi connectivity index (χ2v) is 7.23. The van der Waals surface area contributed by atoms with Crippen LogP contribution in [-0.4, -0.2) is 28.0 Å². The van der Waals surface area contributed by atoms with Gasteiger partial charge in [0.05, 0.1) is 12.1 Å². The number of hydrogen-bond donors (Lipinski definition) is 0. The molecule has 2 aromatic rings. The Balaban J connectivity index is 2.16. The van der Waals surface area contributed by atoms with Crippen LogP contribution in [-0.2, 0) is 9.53 Å². The van der Waals surface area contributed by atoms with Gasteiger partial charge in [0.1, 0.15) is 16.7 Å². The minimum Gasteiger partial charge on any atom is -0.443 e. The van der Waals surface area contributed by atoms with E-state index in [0.717, 1.165) is 4.90 Å². The van der Waals surface area contributed by atoms with E-state index in [4.69, 9.17) is 16.3 Å². The molecule has 0 fully saturated rings. The minimum atomic E-state index is -0.770. The molecule has 5 nitrogen and oxygen atoms in total. The Labute approximate surface area is 164 Å². The molecule has 0 saturated heterocycles. The average Bonchev–Trinajstić information content (AvgIpc) is 2.60. The fourth-order valence-corrected chi connectivity index (χ4v) is 2.31. The normalized spacial score (nSPS) is 11.7. The largest absolute Gasteiger partial charge is 0.443 e. The summed E-state index contributed by atoms with van der Waals surface area (Å²) < 4.78 is 5.36. The van der Waals surface area contributed by atoms with Crippen molar-refractivity contribution in [3.63, 3.8) is 0 Å². The Bertz CT molecular complexity index is 836. The maximum Gasteiger partial charge on any atom is 0.421 e. The highest BCUT2D eigenvalue weighted by Crippen LogP contribution is 2.20. The maximum absolute atomic E-state index is 12.7. The van der Waals surface area contributed by atoms with Crippen LogP contribution in [0.4, 0.5) is 10.5 Å². The summed E-state index contributed by atoms with van der Waals surface area (Å²) in [5, 5.41) is -0.770. The number of hydrogen-bond acceptors (Lipinski definition) is 4. The maximum atomic E-state index is 12.7. The van der Waals surface area contributed by atoms with Gasteiger partial charge < -0.3 is 4.74 Å². The number of imide groups is 1. The summed E-state index contributed by atoms with van der Waals surface area (Å²) in [7, 11) is 0. The molecule has 0 spiro atoms. The number of ether oxygens (including phenoxy) is 1. The molecular formula is C21H21ClN2O3. The molecule has 1 aromatic heterocycles. The highest BCUT2D eigenvalue weighted by Gasteiger charge is 2.29. The van der Waals surface area contributed by atoms with E-state index in [-0.39, 0.29) is 6.42 Å². The lowest BCUT2D eigenvalue weighted by molar-refractivity contribution is -0.118. The summed E-state index contributed by atoms with van der Waals surface area (Å²) in [4.78, 5) is 30.4. The van der Waals surface area contributed by atoms with Gasteiger partial charge >= 0.3 is 6.09 Å². The van der Waals surface area contributed by atoms with Gasteiger partial charge in [0, 0.05) is 6.20 Å². The number of benzene rings is 1. The first-order valence-corrected chi connectivity index (χ1v) is 8.87. The van der Waals surface area contributed by atoms with Crippen molar-refractivity contribution in [2.75, 3.05) is 4.90 Å². The summed E-state index contributed by atoms with van der Waals surface area (Å²) in [6.45, 7) is 5.21. The molecule has 0 bridgehead atoms. The second kappa shape index (κ2) is 9.20. The van der Waals surface area contributed by atoms with Crippen LogP contribution in [0.15, 0.2) is 54.7 Å². The molecule has 6 heteroatoms. The fourth-order valence-electron chi connectivity index (χ4n) is 2.12. The molecule has 0 aliphatic rings. The van der Waals surface area contributed by atoms with Crippen molar-refractivity contribution in [3.05, 3.63) is 60.4 Å². The summed E-state index contributed by atoms with van der Waals surface area (Å²) in [5.41, 5.74) is 0.241. The first-order chi connectivity index (χ1) is 12.8. The van der Waals surface area contributed by atoms with E-state index >= 15 is 0 Å². The number of carbonyl (C=O) groups is 2. The van der Waals surface area contributed by atoms with Crippen LogP contribution < -0.4 is 4.90 Å². The Morgan fingerprint density at radius 2 is 1.81 bits per heavy atom. The highest BCUT2D eigenvalue weighted by atomic mass is 35.5. The third-order valence-corrected chi connectivity index (χ3v) is 3.48. The third kappa shape index (κ3) is 6.76. The quantitative estimate of drug-likeness (QED) is 0.581. The van der Waals surface area contributed by atoms with Crippen molar-refractivity contribution in [1.29, 1.82) is 0 Å². The van der Waals surface area contributed by atoms with Crippen LogP contribution in [0.5, 0.6) is 0 Å². The molecule has 0 saturated carbocycles. The van der Waals surface area contributed by atoms with Gasteiger partial charge in [-0.2, -0.15) is 0 Å². The lowest BCUT2D eigenvalue weighted by Crippen LogP contribution is -2.41. The number of halogens is 1. The van der Waals surface area contributed by atoms with Crippen LogP contribution >= 0.6 is 11.6 Å². The zero-order valence-corrected chi connectivity index (χ0v) is 16.2. The van der Waals surface area contributed by atoms with Gasteiger partial charge in [-0.3, -0.25) is 4.79 Å². The topological polar surface area (TPSA) is 59.5 Å². The molecule has 1 atom stereocenters. The average molecular weight is 385 g/mol. The molecule has 2 rings (SSSR count). The number of para-hydroxylation sites is 1. The number of anilines is 1. The highest BCUT2D eigenvalue weighted by molar-refractivity contribution is 6.25. The van der Waals surface area contributed by atoms with Crippen LogP contribution in [0.1, 0.15) is 32.9 Å². The van der Waals surface area contributed by atoms with Crippen molar-refractivity contribution < 1.29 is 14.3 Å². The van der Waals surface area contributed by atoms with E-state index in [1.54, 1.807) is 69.4 Å². The van der Waals surface area contributed by atoms with E-state index < -0.39 is 23.0 Å². The number of rotatable bonds is 3. The molecule has 0 N–H and O–H groups in total. The third-order valence-electron chi connectivity index (χ3n) is 3.22. The molecule has 0 aliphatic heterocycles. The Morgan fingerprint density at radius 1 is 1.15 bits per heavy atom. The van der Waals surface area contributed by atoms with Gasteiger partial charge in [0.15, 0.2) is 0 Å². The van der Waals surface area contributed by atoms with Crippen LogP contribution in [0.25, 0.3) is 0 Å². The molecule has 0 aliphatic carbocycles. The zero-order valence-electron chi connectivity index (χ0n) is 15.5. The van der Waals surface area contributed by atoms with Crippen molar-refractivity contribution in [1.82, 2.24) is 4.98 Å². The summed E-state index contributed by atoms with van der Waals surface area (Å²) in [5.74, 6) is 5.10. The number of alkyl halides is 1. The molecule has 1 aromatic carbocycles. The fraction of sp³-hybridized carbons (Fsp3) is 0.286. The van der Waals surface area contributed by atoms with Gasteiger partial charge in [0.25, 0.3) is 0 Å². The van der Waals surface area contributed by atoms with E-state index in [2.05, 4.69) is 16.8 Å². The molecule has 0 radical (unpaired) electrons. The Morgan fingerprint density at radius 3 is 2.41 bits per heavy atom. The number of aromatic nitrogens is 1. The smallest absolute Gasteiger partial charge is 0.421 e. The predicted octanol–water partition coefficient (Wildman–Crippen LogP) is 4.40. The zero-order chi connectivity index (χ0) is 19.9. The minimum absolute atomic E-state index is 0.143. The van der Waals surface area contributed by atoms with E-state index in [0.29, 0.717) is 11.4 Å². The molecule has 27 heavy (non-hydrogen) atoms. The molecular weight excluding hydrogens is 364 g/mol. The van der Waals surface area contributed by atoms with Crippen molar-refractivity contribution in [2.24, 2.45) is 0 Å². The standard InChI is InChI=1S/C21H21ClN2O3/c1-21(2,3)27-20(26)24(18-10-5-4-6-11-18)19(25)15-16(22)12-13-17-9-7-8-14-23-17/h4-11,14,16H,15H2,1-3H3. The van der Waals surface area contributed by atoms with Crippen molar-refractivity contribution in [3.8, 4) is 11.8 Å². The van der Waals surface area contributed by atoms with Crippen LogP contribution in [0.2, 0.25) is 0 Å².